The summed E-state index contributed by atoms with van der Waals surface area (Å²) in [6, 6.07) is 7.53. The van der Waals surface area contributed by atoms with Gasteiger partial charge in [-0.05, 0) is 24.3 Å². The van der Waals surface area contributed by atoms with Crippen LogP contribution >= 0.6 is 11.6 Å². The van der Waals surface area contributed by atoms with Gasteiger partial charge in [-0.3, -0.25) is 0 Å². The van der Waals surface area contributed by atoms with E-state index in [4.69, 9.17) is 22.1 Å². The van der Waals surface area contributed by atoms with E-state index in [1.807, 2.05) is 0 Å². The van der Waals surface area contributed by atoms with Crippen molar-refractivity contribution in [3.63, 3.8) is 0 Å². The molecular formula is C12H10ClFN2O. The van der Waals surface area contributed by atoms with Crippen LogP contribution in [0.25, 0.3) is 0 Å². The molecule has 0 atom stereocenters. The van der Waals surface area contributed by atoms with Gasteiger partial charge in [-0.2, -0.15) is 0 Å². The van der Waals surface area contributed by atoms with E-state index in [2.05, 4.69) is 4.98 Å². The number of halogens is 2. The van der Waals surface area contributed by atoms with Crippen molar-refractivity contribution in [3.8, 4) is 5.75 Å². The molecule has 1 aromatic carbocycles. The molecule has 0 saturated carbocycles. The van der Waals surface area contributed by atoms with E-state index in [0.717, 1.165) is 5.56 Å². The van der Waals surface area contributed by atoms with Crippen molar-refractivity contribution in [2.45, 2.75) is 6.61 Å². The fourth-order valence-corrected chi connectivity index (χ4v) is 1.54. The first-order valence-electron chi connectivity index (χ1n) is 4.94. The topological polar surface area (TPSA) is 48.1 Å². The average molecular weight is 253 g/mol. The standard InChI is InChI=1S/C12H10ClFN2O/c13-10-6-9(14)3-4-11(10)17-7-8-2-1-5-16-12(8)15/h1-6H,7H2,(H2,15,16). The van der Waals surface area contributed by atoms with Gasteiger partial charge < -0.3 is 10.5 Å². The Labute approximate surface area is 103 Å². The van der Waals surface area contributed by atoms with Gasteiger partial charge in [0.25, 0.3) is 0 Å². The Morgan fingerprint density at radius 3 is 2.88 bits per heavy atom. The molecule has 0 fully saturated rings. The Balaban J connectivity index is 2.10. The number of rotatable bonds is 3. The zero-order chi connectivity index (χ0) is 12.3. The van der Waals surface area contributed by atoms with Gasteiger partial charge in [-0.25, -0.2) is 9.37 Å². The fourth-order valence-electron chi connectivity index (χ4n) is 1.32. The fraction of sp³-hybridized carbons (Fsp3) is 0.0833. The Bertz CT molecular complexity index is 534. The third kappa shape index (κ3) is 2.85. The smallest absolute Gasteiger partial charge is 0.138 e. The molecule has 0 spiro atoms. The summed E-state index contributed by atoms with van der Waals surface area (Å²) < 4.78 is 18.2. The second-order valence-electron chi connectivity index (χ2n) is 3.41. The number of nitrogens with two attached hydrogens (primary N) is 1. The predicted octanol–water partition coefficient (Wildman–Crippen LogP) is 3.04. The number of ether oxygens (including phenoxy) is 1. The van der Waals surface area contributed by atoms with E-state index in [1.54, 1.807) is 18.3 Å². The minimum atomic E-state index is -0.400. The SMILES string of the molecule is Nc1ncccc1COc1ccc(F)cc1Cl. The third-order valence-electron chi connectivity index (χ3n) is 2.20. The molecule has 0 unspecified atom stereocenters. The molecule has 3 nitrogen and oxygen atoms in total. The number of pyridine rings is 1. The molecule has 0 aliphatic carbocycles. The highest BCUT2D eigenvalue weighted by molar-refractivity contribution is 6.32. The predicted molar refractivity (Wildman–Crippen MR) is 64.4 cm³/mol. The molecule has 17 heavy (non-hydrogen) atoms. The van der Waals surface area contributed by atoms with E-state index >= 15 is 0 Å². The van der Waals surface area contributed by atoms with Crippen molar-refractivity contribution in [1.82, 2.24) is 4.98 Å². The van der Waals surface area contributed by atoms with Gasteiger partial charge >= 0.3 is 0 Å². The monoisotopic (exact) mass is 252 g/mol. The maximum absolute atomic E-state index is 12.8. The molecule has 0 amide bonds. The highest BCUT2D eigenvalue weighted by Gasteiger charge is 2.05. The molecule has 0 aliphatic rings. The molecule has 1 aromatic heterocycles. The Hall–Kier alpha value is -1.81. The van der Waals surface area contributed by atoms with Crippen LogP contribution < -0.4 is 10.5 Å². The summed E-state index contributed by atoms with van der Waals surface area (Å²) in [6.07, 6.45) is 1.60. The summed E-state index contributed by atoms with van der Waals surface area (Å²) >= 11 is 5.82. The summed E-state index contributed by atoms with van der Waals surface area (Å²) in [4.78, 5) is 3.93. The summed E-state index contributed by atoms with van der Waals surface area (Å²) in [5.41, 5.74) is 6.42. The normalized spacial score (nSPS) is 10.2. The highest BCUT2D eigenvalue weighted by atomic mass is 35.5. The van der Waals surface area contributed by atoms with Crippen LogP contribution in [0, 0.1) is 5.82 Å². The quantitative estimate of drug-likeness (QED) is 0.913. The molecule has 2 N–H and O–H groups in total. The van der Waals surface area contributed by atoms with Crippen molar-refractivity contribution in [2.75, 3.05) is 5.73 Å². The summed E-state index contributed by atoms with van der Waals surface area (Å²) in [6.45, 7) is 0.241. The summed E-state index contributed by atoms with van der Waals surface area (Å²) in [5.74, 6) is 0.422. The van der Waals surface area contributed by atoms with Crippen molar-refractivity contribution in [2.24, 2.45) is 0 Å². The first-order valence-corrected chi connectivity index (χ1v) is 5.32. The Morgan fingerprint density at radius 2 is 2.18 bits per heavy atom. The molecular weight excluding hydrogens is 243 g/mol. The molecule has 2 aromatic rings. The van der Waals surface area contributed by atoms with Gasteiger partial charge in [0, 0.05) is 11.8 Å². The first-order chi connectivity index (χ1) is 8.16. The largest absolute Gasteiger partial charge is 0.487 e. The lowest BCUT2D eigenvalue weighted by molar-refractivity contribution is 0.306. The third-order valence-corrected chi connectivity index (χ3v) is 2.50. The molecule has 1 heterocycles. The molecule has 5 heteroatoms. The van der Waals surface area contributed by atoms with Crippen LogP contribution in [-0.2, 0) is 6.61 Å². The average Bonchev–Trinajstić information content (AvgIpc) is 2.30. The van der Waals surface area contributed by atoms with E-state index in [0.29, 0.717) is 11.6 Å². The lowest BCUT2D eigenvalue weighted by Crippen LogP contribution is -2.02. The number of benzene rings is 1. The molecule has 0 bridgehead atoms. The van der Waals surface area contributed by atoms with Crippen molar-refractivity contribution < 1.29 is 9.13 Å². The molecule has 0 saturated heterocycles. The molecule has 0 radical (unpaired) electrons. The van der Waals surface area contributed by atoms with Crippen LogP contribution in [0.2, 0.25) is 5.02 Å². The van der Waals surface area contributed by atoms with Crippen LogP contribution in [-0.4, -0.2) is 4.98 Å². The lowest BCUT2D eigenvalue weighted by atomic mass is 10.3. The lowest BCUT2D eigenvalue weighted by Gasteiger charge is -2.09. The van der Waals surface area contributed by atoms with E-state index in [1.165, 1.54) is 18.2 Å². The second-order valence-corrected chi connectivity index (χ2v) is 3.82. The number of hydrogen-bond donors (Lipinski definition) is 1. The first kappa shape index (κ1) is 11.7. The van der Waals surface area contributed by atoms with E-state index in [9.17, 15) is 4.39 Å². The van der Waals surface area contributed by atoms with Crippen LogP contribution in [0.15, 0.2) is 36.5 Å². The van der Waals surface area contributed by atoms with Crippen molar-refractivity contribution in [1.29, 1.82) is 0 Å². The number of nitrogen functional groups attached to an aromatic ring is 1. The zero-order valence-corrected chi connectivity index (χ0v) is 9.62. The number of hydrogen-bond acceptors (Lipinski definition) is 3. The minimum Gasteiger partial charge on any atom is -0.487 e. The second kappa shape index (κ2) is 5.01. The maximum Gasteiger partial charge on any atom is 0.138 e. The van der Waals surface area contributed by atoms with Crippen LogP contribution in [0.3, 0.4) is 0 Å². The molecule has 88 valence electrons. The zero-order valence-electron chi connectivity index (χ0n) is 8.86. The summed E-state index contributed by atoms with van der Waals surface area (Å²) in [5, 5.41) is 0.229. The van der Waals surface area contributed by atoms with Crippen LogP contribution in [0.5, 0.6) is 5.75 Å². The molecule has 0 aliphatic heterocycles. The summed E-state index contributed by atoms with van der Waals surface area (Å²) in [7, 11) is 0. The Kier molecular flexibility index (Phi) is 3.44. The minimum absolute atomic E-state index is 0.229. The van der Waals surface area contributed by atoms with Gasteiger partial charge in [0.2, 0.25) is 0 Å². The van der Waals surface area contributed by atoms with E-state index in [-0.39, 0.29) is 11.6 Å². The Morgan fingerprint density at radius 1 is 1.35 bits per heavy atom. The highest BCUT2D eigenvalue weighted by Crippen LogP contribution is 2.26. The van der Waals surface area contributed by atoms with Gasteiger partial charge in [-0.1, -0.05) is 17.7 Å². The van der Waals surface area contributed by atoms with Gasteiger partial charge in [0.1, 0.15) is 24.0 Å². The van der Waals surface area contributed by atoms with Gasteiger partial charge in [-0.15, -0.1) is 0 Å². The maximum atomic E-state index is 12.8. The van der Waals surface area contributed by atoms with Crippen molar-refractivity contribution in [3.05, 3.63) is 52.9 Å². The number of nitrogens with zero attached hydrogens (tertiary/aromatic N) is 1. The molecule has 2 rings (SSSR count). The number of anilines is 1. The number of aromatic nitrogens is 1. The van der Waals surface area contributed by atoms with Gasteiger partial charge in [0.15, 0.2) is 0 Å². The van der Waals surface area contributed by atoms with Crippen molar-refractivity contribution >= 4 is 17.4 Å². The van der Waals surface area contributed by atoms with E-state index < -0.39 is 5.82 Å². The van der Waals surface area contributed by atoms with Crippen LogP contribution in [0.4, 0.5) is 10.2 Å². The van der Waals surface area contributed by atoms with Gasteiger partial charge in [0.05, 0.1) is 5.02 Å². The van der Waals surface area contributed by atoms with Crippen LogP contribution in [0.1, 0.15) is 5.56 Å².